The molecule has 0 radical (unpaired) electrons. The van der Waals surface area contributed by atoms with Crippen LogP contribution in [0.3, 0.4) is 0 Å². The standard InChI is InChI=1S/C15H16N2O3/c1-10(2)8-14(18)17-12-5-6-13(20-15(12)19)11-4-3-7-16-9-11/h3-7,9-10H,8H2,1-2H3,(H,17,18). The van der Waals surface area contributed by atoms with Gasteiger partial charge >= 0.3 is 5.63 Å². The number of carbonyl (C=O) groups excluding carboxylic acids is 1. The molecule has 0 saturated carbocycles. The summed E-state index contributed by atoms with van der Waals surface area (Å²) in [6.45, 7) is 3.88. The van der Waals surface area contributed by atoms with Gasteiger partial charge in [0.1, 0.15) is 11.4 Å². The Bertz CT molecular complexity index is 648. The zero-order chi connectivity index (χ0) is 14.5. The van der Waals surface area contributed by atoms with Gasteiger partial charge in [-0.25, -0.2) is 4.79 Å². The Balaban J connectivity index is 2.19. The quantitative estimate of drug-likeness (QED) is 0.928. The van der Waals surface area contributed by atoms with Crippen molar-refractivity contribution in [2.75, 3.05) is 5.32 Å². The van der Waals surface area contributed by atoms with Crippen molar-refractivity contribution in [3.05, 3.63) is 47.1 Å². The number of carbonyl (C=O) groups is 1. The third-order valence-electron chi connectivity index (χ3n) is 2.64. The second kappa shape index (κ2) is 6.14. The molecule has 2 aromatic heterocycles. The van der Waals surface area contributed by atoms with Gasteiger partial charge in [0.05, 0.1) is 0 Å². The minimum atomic E-state index is -0.566. The fourth-order valence-electron chi connectivity index (χ4n) is 1.74. The zero-order valence-electron chi connectivity index (χ0n) is 11.4. The van der Waals surface area contributed by atoms with E-state index in [1.165, 1.54) is 0 Å². The van der Waals surface area contributed by atoms with Crippen LogP contribution in [0, 0.1) is 5.92 Å². The highest BCUT2D eigenvalue weighted by Crippen LogP contribution is 2.17. The van der Waals surface area contributed by atoms with Crippen LogP contribution in [-0.4, -0.2) is 10.9 Å². The molecule has 104 valence electrons. The second-order valence-electron chi connectivity index (χ2n) is 4.89. The molecule has 5 heteroatoms. The number of anilines is 1. The molecule has 0 aliphatic rings. The lowest BCUT2D eigenvalue weighted by Gasteiger charge is -2.06. The predicted molar refractivity (Wildman–Crippen MR) is 76.3 cm³/mol. The molecule has 0 fully saturated rings. The average Bonchev–Trinajstić information content (AvgIpc) is 2.41. The van der Waals surface area contributed by atoms with Crippen molar-refractivity contribution >= 4 is 11.6 Å². The molecule has 0 bridgehead atoms. The summed E-state index contributed by atoms with van der Waals surface area (Å²) < 4.78 is 5.19. The summed E-state index contributed by atoms with van der Waals surface area (Å²) in [7, 11) is 0. The van der Waals surface area contributed by atoms with Crippen molar-refractivity contribution < 1.29 is 9.21 Å². The van der Waals surface area contributed by atoms with Gasteiger partial charge in [-0.3, -0.25) is 9.78 Å². The Morgan fingerprint density at radius 2 is 2.15 bits per heavy atom. The van der Waals surface area contributed by atoms with Gasteiger partial charge < -0.3 is 9.73 Å². The van der Waals surface area contributed by atoms with Gasteiger partial charge in [0, 0.05) is 24.4 Å². The lowest BCUT2D eigenvalue weighted by Crippen LogP contribution is -2.19. The maximum Gasteiger partial charge on any atom is 0.360 e. The van der Waals surface area contributed by atoms with Crippen molar-refractivity contribution in [2.24, 2.45) is 5.92 Å². The molecule has 0 aliphatic heterocycles. The number of aromatic nitrogens is 1. The molecule has 0 saturated heterocycles. The number of rotatable bonds is 4. The molecule has 2 heterocycles. The minimum absolute atomic E-state index is 0.156. The first kappa shape index (κ1) is 14.0. The largest absolute Gasteiger partial charge is 0.421 e. The van der Waals surface area contributed by atoms with E-state index in [0.29, 0.717) is 17.7 Å². The molecule has 0 spiro atoms. The molecule has 0 unspecified atom stereocenters. The molecule has 20 heavy (non-hydrogen) atoms. The van der Waals surface area contributed by atoms with E-state index in [1.54, 1.807) is 36.7 Å². The fourth-order valence-corrected chi connectivity index (χ4v) is 1.74. The van der Waals surface area contributed by atoms with Gasteiger partial charge in [-0.1, -0.05) is 13.8 Å². The number of hydrogen-bond donors (Lipinski definition) is 1. The van der Waals surface area contributed by atoms with Gasteiger partial charge in [0.15, 0.2) is 0 Å². The van der Waals surface area contributed by atoms with Gasteiger partial charge in [-0.2, -0.15) is 0 Å². The highest BCUT2D eigenvalue weighted by molar-refractivity contribution is 5.90. The summed E-state index contributed by atoms with van der Waals surface area (Å²) in [6.07, 6.45) is 3.61. The first-order valence-corrected chi connectivity index (χ1v) is 6.40. The maximum atomic E-state index is 11.8. The van der Waals surface area contributed by atoms with Crippen LogP contribution in [0.2, 0.25) is 0 Å². The van der Waals surface area contributed by atoms with Crippen LogP contribution >= 0.6 is 0 Å². The van der Waals surface area contributed by atoms with E-state index in [1.807, 2.05) is 13.8 Å². The van der Waals surface area contributed by atoms with Gasteiger partial charge in [-0.05, 0) is 30.2 Å². The smallest absolute Gasteiger partial charge is 0.360 e. The second-order valence-corrected chi connectivity index (χ2v) is 4.89. The van der Waals surface area contributed by atoms with Gasteiger partial charge in [0.2, 0.25) is 5.91 Å². The molecular formula is C15H16N2O3. The Morgan fingerprint density at radius 1 is 1.35 bits per heavy atom. The number of nitrogens with zero attached hydrogens (tertiary/aromatic N) is 1. The summed E-state index contributed by atoms with van der Waals surface area (Å²) in [4.78, 5) is 27.4. The number of hydrogen-bond acceptors (Lipinski definition) is 4. The lowest BCUT2D eigenvalue weighted by molar-refractivity contribution is -0.116. The molecule has 1 N–H and O–H groups in total. The number of nitrogens with one attached hydrogen (secondary N) is 1. The predicted octanol–water partition coefficient (Wildman–Crippen LogP) is 2.69. The Morgan fingerprint density at radius 3 is 2.75 bits per heavy atom. The van der Waals surface area contributed by atoms with Crippen LogP contribution in [0.1, 0.15) is 20.3 Å². The third kappa shape index (κ3) is 3.54. The first-order valence-electron chi connectivity index (χ1n) is 6.40. The van der Waals surface area contributed by atoms with Crippen molar-refractivity contribution in [3.63, 3.8) is 0 Å². The van der Waals surface area contributed by atoms with Crippen LogP contribution in [0.15, 0.2) is 45.9 Å². The monoisotopic (exact) mass is 272 g/mol. The van der Waals surface area contributed by atoms with E-state index in [0.717, 1.165) is 0 Å². The van der Waals surface area contributed by atoms with E-state index in [4.69, 9.17) is 4.42 Å². The van der Waals surface area contributed by atoms with Gasteiger partial charge in [-0.15, -0.1) is 0 Å². The summed E-state index contributed by atoms with van der Waals surface area (Å²) in [5, 5.41) is 2.56. The van der Waals surface area contributed by atoms with E-state index >= 15 is 0 Å². The van der Waals surface area contributed by atoms with Crippen molar-refractivity contribution in [1.82, 2.24) is 4.98 Å². The highest BCUT2D eigenvalue weighted by atomic mass is 16.4. The van der Waals surface area contributed by atoms with Crippen molar-refractivity contribution in [3.8, 4) is 11.3 Å². The van der Waals surface area contributed by atoms with Gasteiger partial charge in [0.25, 0.3) is 0 Å². The van der Waals surface area contributed by atoms with Crippen molar-refractivity contribution in [1.29, 1.82) is 0 Å². The maximum absolute atomic E-state index is 11.8. The lowest BCUT2D eigenvalue weighted by atomic mass is 10.1. The number of pyridine rings is 1. The molecule has 0 aliphatic carbocycles. The first-order chi connectivity index (χ1) is 9.56. The van der Waals surface area contributed by atoms with E-state index < -0.39 is 5.63 Å². The SMILES string of the molecule is CC(C)CC(=O)Nc1ccc(-c2cccnc2)oc1=O. The van der Waals surface area contributed by atoms with Crippen LogP contribution in [0.5, 0.6) is 0 Å². The normalized spacial score (nSPS) is 10.6. The zero-order valence-corrected chi connectivity index (χ0v) is 11.4. The van der Waals surface area contributed by atoms with E-state index in [-0.39, 0.29) is 17.5 Å². The summed E-state index contributed by atoms with van der Waals surface area (Å²) in [5.74, 6) is 0.461. The molecular weight excluding hydrogens is 256 g/mol. The molecule has 2 aromatic rings. The topological polar surface area (TPSA) is 72.2 Å². The Hall–Kier alpha value is -2.43. The third-order valence-corrected chi connectivity index (χ3v) is 2.64. The minimum Gasteiger partial charge on any atom is -0.421 e. The molecule has 0 aromatic carbocycles. The van der Waals surface area contributed by atoms with Crippen LogP contribution in [0.4, 0.5) is 5.69 Å². The van der Waals surface area contributed by atoms with Crippen LogP contribution in [-0.2, 0) is 4.79 Å². The average molecular weight is 272 g/mol. The Labute approximate surface area is 116 Å². The van der Waals surface area contributed by atoms with Crippen molar-refractivity contribution in [2.45, 2.75) is 20.3 Å². The van der Waals surface area contributed by atoms with Crippen LogP contribution in [0.25, 0.3) is 11.3 Å². The summed E-state index contributed by atoms with van der Waals surface area (Å²) in [6, 6.07) is 6.74. The summed E-state index contributed by atoms with van der Waals surface area (Å²) >= 11 is 0. The number of amides is 1. The molecule has 1 amide bonds. The van der Waals surface area contributed by atoms with E-state index in [2.05, 4.69) is 10.3 Å². The Kier molecular flexibility index (Phi) is 4.30. The molecule has 5 nitrogen and oxygen atoms in total. The highest BCUT2D eigenvalue weighted by Gasteiger charge is 2.10. The summed E-state index contributed by atoms with van der Waals surface area (Å²) in [5.41, 5.74) is 0.302. The molecule has 2 rings (SSSR count). The van der Waals surface area contributed by atoms with E-state index in [9.17, 15) is 9.59 Å². The van der Waals surface area contributed by atoms with Crippen LogP contribution < -0.4 is 10.9 Å². The molecule has 0 atom stereocenters. The fraction of sp³-hybridized carbons (Fsp3) is 0.267.